The largest absolute Gasteiger partial charge is 0.340 e. The summed E-state index contributed by atoms with van der Waals surface area (Å²) in [5, 5.41) is 0. The van der Waals surface area contributed by atoms with E-state index in [2.05, 4.69) is 49.8 Å². The van der Waals surface area contributed by atoms with Gasteiger partial charge in [0.1, 0.15) is 5.82 Å². The van der Waals surface area contributed by atoms with Gasteiger partial charge in [-0.15, -0.1) is 0 Å². The highest BCUT2D eigenvalue weighted by Gasteiger charge is 2.41. The molecule has 1 aromatic carbocycles. The maximum absolute atomic E-state index is 6.44. The van der Waals surface area contributed by atoms with E-state index in [1.807, 2.05) is 6.20 Å². The molecule has 3 heteroatoms. The van der Waals surface area contributed by atoms with Crippen molar-refractivity contribution in [3.63, 3.8) is 0 Å². The highest BCUT2D eigenvalue weighted by Crippen LogP contribution is 2.43. The molecule has 0 spiro atoms. The average Bonchev–Trinajstić information content (AvgIpc) is 3.08. The predicted molar refractivity (Wildman–Crippen MR) is 82.5 cm³/mol. The summed E-state index contributed by atoms with van der Waals surface area (Å²) in [6.45, 7) is 8.52. The van der Waals surface area contributed by atoms with Gasteiger partial charge in [0.25, 0.3) is 0 Å². The Morgan fingerprint density at radius 2 is 1.80 bits per heavy atom. The van der Waals surface area contributed by atoms with E-state index in [4.69, 9.17) is 5.73 Å². The van der Waals surface area contributed by atoms with Gasteiger partial charge in [0.05, 0.1) is 17.4 Å². The molecule has 0 radical (unpaired) electrons. The number of aromatic nitrogens is 2. The molecule has 3 nitrogen and oxygen atoms in total. The third-order valence-corrected chi connectivity index (χ3v) is 4.46. The highest BCUT2D eigenvalue weighted by atomic mass is 15.0. The number of H-pyrrole nitrogens is 1. The van der Waals surface area contributed by atoms with Crippen LogP contribution in [0.2, 0.25) is 0 Å². The second-order valence-corrected chi connectivity index (χ2v) is 6.48. The topological polar surface area (TPSA) is 54.7 Å². The second kappa shape index (κ2) is 4.45. The van der Waals surface area contributed by atoms with E-state index in [1.54, 1.807) is 0 Å². The van der Waals surface area contributed by atoms with Crippen LogP contribution in [0.3, 0.4) is 0 Å². The Morgan fingerprint density at radius 3 is 2.35 bits per heavy atom. The molecule has 0 aliphatic heterocycles. The van der Waals surface area contributed by atoms with Crippen LogP contribution in [0.4, 0.5) is 0 Å². The standard InChI is InChI=1S/C17H23N3/c1-10-7-11(2)15(12(3)8-10)14-9-19-16(20-14)17(4,18)13-5-6-13/h7-9,13H,5-6,18H2,1-4H3,(H,19,20). The first-order chi connectivity index (χ1) is 9.39. The van der Waals surface area contributed by atoms with Gasteiger partial charge in [-0.2, -0.15) is 0 Å². The average molecular weight is 269 g/mol. The summed E-state index contributed by atoms with van der Waals surface area (Å²) in [5.41, 5.74) is 12.3. The smallest absolute Gasteiger partial charge is 0.126 e. The number of nitrogens with one attached hydrogen (secondary N) is 1. The van der Waals surface area contributed by atoms with E-state index >= 15 is 0 Å². The molecule has 1 aliphatic rings. The van der Waals surface area contributed by atoms with Crippen molar-refractivity contribution in [2.24, 2.45) is 11.7 Å². The lowest BCUT2D eigenvalue weighted by molar-refractivity contribution is 0.404. The van der Waals surface area contributed by atoms with Crippen LogP contribution in [-0.2, 0) is 5.54 Å². The lowest BCUT2D eigenvalue weighted by Gasteiger charge is -2.21. The van der Waals surface area contributed by atoms with Crippen LogP contribution in [0.1, 0.15) is 42.3 Å². The predicted octanol–water partition coefficient (Wildman–Crippen LogP) is 3.59. The number of hydrogen-bond acceptors (Lipinski definition) is 2. The minimum absolute atomic E-state index is 0.329. The number of nitrogens with zero attached hydrogens (tertiary/aromatic N) is 1. The van der Waals surface area contributed by atoms with Crippen LogP contribution >= 0.6 is 0 Å². The molecule has 1 heterocycles. The van der Waals surface area contributed by atoms with Gasteiger partial charge in [0.2, 0.25) is 0 Å². The zero-order valence-electron chi connectivity index (χ0n) is 12.7. The first-order valence-electron chi connectivity index (χ1n) is 7.32. The molecule has 0 bridgehead atoms. The van der Waals surface area contributed by atoms with Crippen molar-refractivity contribution < 1.29 is 0 Å². The Balaban J connectivity index is 2.02. The van der Waals surface area contributed by atoms with Gasteiger partial charge >= 0.3 is 0 Å². The Morgan fingerprint density at radius 1 is 1.20 bits per heavy atom. The number of aromatic amines is 1. The Kier molecular flexibility index (Phi) is 2.98. The van der Waals surface area contributed by atoms with Crippen LogP contribution < -0.4 is 5.73 Å². The zero-order chi connectivity index (χ0) is 14.5. The van der Waals surface area contributed by atoms with Gasteiger partial charge in [-0.1, -0.05) is 17.7 Å². The Hall–Kier alpha value is -1.61. The van der Waals surface area contributed by atoms with Crippen molar-refractivity contribution in [3.05, 3.63) is 40.8 Å². The minimum atomic E-state index is -0.329. The molecule has 1 aromatic heterocycles. The van der Waals surface area contributed by atoms with Crippen LogP contribution in [0.15, 0.2) is 18.3 Å². The fourth-order valence-electron chi connectivity index (χ4n) is 3.20. The monoisotopic (exact) mass is 269 g/mol. The molecule has 1 saturated carbocycles. The normalized spacial score (nSPS) is 18.1. The van der Waals surface area contributed by atoms with Crippen molar-refractivity contribution in [2.45, 2.75) is 46.1 Å². The van der Waals surface area contributed by atoms with Gasteiger partial charge in [-0.25, -0.2) is 4.98 Å². The highest BCUT2D eigenvalue weighted by molar-refractivity contribution is 5.67. The molecule has 2 aromatic rings. The van der Waals surface area contributed by atoms with Gasteiger partial charge in [-0.05, 0) is 57.6 Å². The lowest BCUT2D eigenvalue weighted by Crippen LogP contribution is -2.36. The molecule has 20 heavy (non-hydrogen) atoms. The summed E-state index contributed by atoms with van der Waals surface area (Å²) < 4.78 is 0. The molecular weight excluding hydrogens is 246 g/mol. The fourth-order valence-corrected chi connectivity index (χ4v) is 3.20. The first-order valence-corrected chi connectivity index (χ1v) is 7.32. The minimum Gasteiger partial charge on any atom is -0.340 e. The van der Waals surface area contributed by atoms with Crippen molar-refractivity contribution >= 4 is 0 Å². The SMILES string of the molecule is Cc1cc(C)c(-c2cnc(C(C)(N)C3CC3)[nH]2)c(C)c1. The van der Waals surface area contributed by atoms with Crippen LogP contribution in [0, 0.1) is 26.7 Å². The number of hydrogen-bond donors (Lipinski definition) is 2. The van der Waals surface area contributed by atoms with E-state index < -0.39 is 0 Å². The summed E-state index contributed by atoms with van der Waals surface area (Å²) in [7, 11) is 0. The van der Waals surface area contributed by atoms with E-state index in [1.165, 1.54) is 35.1 Å². The molecule has 3 N–H and O–H groups in total. The Bertz CT molecular complexity index is 625. The number of imidazole rings is 1. The van der Waals surface area contributed by atoms with Crippen molar-refractivity contribution in [3.8, 4) is 11.3 Å². The summed E-state index contributed by atoms with van der Waals surface area (Å²) in [6, 6.07) is 4.43. The third kappa shape index (κ3) is 2.16. The van der Waals surface area contributed by atoms with Crippen LogP contribution in [0.5, 0.6) is 0 Å². The lowest BCUT2D eigenvalue weighted by atomic mass is 9.96. The third-order valence-electron chi connectivity index (χ3n) is 4.46. The van der Waals surface area contributed by atoms with Gasteiger partial charge in [0, 0.05) is 5.56 Å². The molecule has 1 atom stereocenters. The van der Waals surface area contributed by atoms with E-state index in [9.17, 15) is 0 Å². The molecule has 1 aliphatic carbocycles. The number of nitrogens with two attached hydrogens (primary N) is 1. The van der Waals surface area contributed by atoms with E-state index in [-0.39, 0.29) is 5.54 Å². The quantitative estimate of drug-likeness (QED) is 0.894. The maximum Gasteiger partial charge on any atom is 0.126 e. The maximum atomic E-state index is 6.44. The van der Waals surface area contributed by atoms with Crippen molar-refractivity contribution in [2.75, 3.05) is 0 Å². The number of benzene rings is 1. The molecule has 0 saturated heterocycles. The number of aryl methyl sites for hydroxylation is 3. The molecule has 106 valence electrons. The van der Waals surface area contributed by atoms with Crippen molar-refractivity contribution in [1.29, 1.82) is 0 Å². The Labute approximate surface area is 120 Å². The van der Waals surface area contributed by atoms with Gasteiger partial charge in [0.15, 0.2) is 0 Å². The molecule has 0 amide bonds. The molecule has 1 unspecified atom stereocenters. The van der Waals surface area contributed by atoms with Gasteiger partial charge in [-0.3, -0.25) is 0 Å². The summed E-state index contributed by atoms with van der Waals surface area (Å²) in [5.74, 6) is 1.48. The molecular formula is C17H23N3. The van der Waals surface area contributed by atoms with E-state index in [0.29, 0.717) is 5.92 Å². The number of rotatable bonds is 3. The first kappa shape index (κ1) is 13.4. The second-order valence-electron chi connectivity index (χ2n) is 6.48. The van der Waals surface area contributed by atoms with E-state index in [0.717, 1.165) is 11.5 Å². The van der Waals surface area contributed by atoms with Crippen LogP contribution in [0.25, 0.3) is 11.3 Å². The summed E-state index contributed by atoms with van der Waals surface area (Å²) in [6.07, 6.45) is 4.35. The van der Waals surface area contributed by atoms with Crippen LogP contribution in [-0.4, -0.2) is 9.97 Å². The van der Waals surface area contributed by atoms with Crippen molar-refractivity contribution in [1.82, 2.24) is 9.97 Å². The molecule has 1 fully saturated rings. The van der Waals surface area contributed by atoms with Gasteiger partial charge < -0.3 is 10.7 Å². The summed E-state index contributed by atoms with van der Waals surface area (Å²) >= 11 is 0. The zero-order valence-corrected chi connectivity index (χ0v) is 12.7. The summed E-state index contributed by atoms with van der Waals surface area (Å²) in [4.78, 5) is 8.01. The molecule has 3 rings (SSSR count). The fraction of sp³-hybridized carbons (Fsp3) is 0.471.